The minimum Gasteiger partial charge on any atom is -0.497 e. The lowest BCUT2D eigenvalue weighted by Gasteiger charge is -2.51. The molecule has 2 fully saturated rings. The van der Waals surface area contributed by atoms with Gasteiger partial charge in [0.05, 0.1) is 19.1 Å². The van der Waals surface area contributed by atoms with Crippen molar-refractivity contribution in [2.45, 2.75) is 83.5 Å². The Hall–Kier alpha value is -1.33. The van der Waals surface area contributed by atoms with Gasteiger partial charge in [-0.05, 0) is 66.8 Å². The fraction of sp³-hybridized carbons (Fsp3) is 0.708. The highest BCUT2D eigenvalue weighted by molar-refractivity contribution is 6.74. The van der Waals surface area contributed by atoms with Crippen molar-refractivity contribution in [1.29, 1.82) is 0 Å². The number of carbonyl (C=O) groups is 1. The molecule has 5 atom stereocenters. The van der Waals surface area contributed by atoms with E-state index in [0.717, 1.165) is 31.4 Å². The number of hydrogen-bond acceptors (Lipinski definition) is 4. The van der Waals surface area contributed by atoms with Crippen molar-refractivity contribution in [3.8, 4) is 11.5 Å². The molecule has 2 aliphatic carbocycles. The summed E-state index contributed by atoms with van der Waals surface area (Å²) in [4.78, 5) is 13.1. The summed E-state index contributed by atoms with van der Waals surface area (Å²) in [6.45, 7) is 14.0. The quantitative estimate of drug-likeness (QED) is 0.349. The first-order chi connectivity index (χ1) is 13.5. The third kappa shape index (κ3) is 3.25. The Bertz CT molecular complexity index is 812. The van der Waals surface area contributed by atoms with Crippen molar-refractivity contribution in [1.82, 2.24) is 0 Å². The Morgan fingerprint density at radius 2 is 1.90 bits per heavy atom. The van der Waals surface area contributed by atoms with Gasteiger partial charge in [-0.15, -0.1) is 0 Å². The molecule has 1 aromatic rings. The van der Waals surface area contributed by atoms with E-state index < -0.39 is 8.32 Å². The van der Waals surface area contributed by atoms with Crippen LogP contribution >= 0.6 is 0 Å². The molecule has 0 aromatic heterocycles. The Morgan fingerprint density at radius 3 is 2.55 bits per heavy atom. The van der Waals surface area contributed by atoms with Crippen LogP contribution in [-0.4, -0.2) is 27.5 Å². The van der Waals surface area contributed by atoms with E-state index >= 15 is 0 Å². The van der Waals surface area contributed by atoms with Crippen molar-refractivity contribution in [2.75, 3.05) is 7.11 Å². The minimum absolute atomic E-state index is 0.0531. The van der Waals surface area contributed by atoms with Crippen molar-refractivity contribution < 1.29 is 18.7 Å². The number of rotatable bonds is 3. The lowest BCUT2D eigenvalue weighted by Crippen LogP contribution is -2.52. The van der Waals surface area contributed by atoms with Crippen LogP contribution in [0.5, 0.6) is 11.5 Å². The third-order valence-corrected chi connectivity index (χ3v) is 13.0. The maximum absolute atomic E-state index is 13.1. The van der Waals surface area contributed by atoms with E-state index in [-0.39, 0.29) is 34.4 Å². The molecule has 4 nitrogen and oxygen atoms in total. The Balaban J connectivity index is 1.62. The fourth-order valence-electron chi connectivity index (χ4n) is 5.71. The summed E-state index contributed by atoms with van der Waals surface area (Å²) in [7, 11) is -0.211. The minimum atomic E-state index is -1.85. The van der Waals surface area contributed by atoms with Crippen molar-refractivity contribution >= 4 is 14.3 Å². The van der Waals surface area contributed by atoms with Gasteiger partial charge in [-0.1, -0.05) is 33.8 Å². The molecular formula is C24H36O4Si. The lowest BCUT2D eigenvalue weighted by atomic mass is 9.58. The van der Waals surface area contributed by atoms with Gasteiger partial charge in [0.1, 0.15) is 11.5 Å². The molecule has 3 aliphatic rings. The van der Waals surface area contributed by atoms with Gasteiger partial charge in [0.2, 0.25) is 0 Å². The number of esters is 1. The number of ether oxygens (including phenoxy) is 2. The predicted octanol–water partition coefficient (Wildman–Crippen LogP) is 5.91. The molecule has 0 unspecified atom stereocenters. The fourth-order valence-corrected chi connectivity index (χ4v) is 7.16. The lowest BCUT2D eigenvalue weighted by molar-refractivity contribution is -0.149. The Morgan fingerprint density at radius 1 is 1.17 bits per heavy atom. The van der Waals surface area contributed by atoms with Crippen LogP contribution in [0.3, 0.4) is 0 Å². The summed E-state index contributed by atoms with van der Waals surface area (Å²) in [5.41, 5.74) is 1.23. The van der Waals surface area contributed by atoms with Crippen LogP contribution < -0.4 is 9.47 Å². The van der Waals surface area contributed by atoms with E-state index in [1.54, 1.807) is 7.11 Å². The number of benzene rings is 1. The predicted molar refractivity (Wildman–Crippen MR) is 117 cm³/mol. The monoisotopic (exact) mass is 416 g/mol. The van der Waals surface area contributed by atoms with Gasteiger partial charge in [-0.3, -0.25) is 4.79 Å². The maximum atomic E-state index is 13.1. The average molecular weight is 417 g/mol. The first-order valence-electron chi connectivity index (χ1n) is 11.1. The van der Waals surface area contributed by atoms with Crippen molar-refractivity contribution in [2.24, 2.45) is 17.3 Å². The first kappa shape index (κ1) is 20.9. The van der Waals surface area contributed by atoms with Crippen LogP contribution in [0.25, 0.3) is 0 Å². The molecule has 4 rings (SSSR count). The largest absolute Gasteiger partial charge is 0.497 e. The van der Waals surface area contributed by atoms with E-state index in [4.69, 9.17) is 13.9 Å². The Labute approximate surface area is 176 Å². The molecule has 0 saturated heterocycles. The van der Waals surface area contributed by atoms with Crippen molar-refractivity contribution in [3.63, 3.8) is 0 Å². The second-order valence-electron chi connectivity index (χ2n) is 11.1. The van der Waals surface area contributed by atoms with Gasteiger partial charge in [0.15, 0.2) is 8.32 Å². The van der Waals surface area contributed by atoms with E-state index in [1.807, 2.05) is 12.1 Å². The van der Waals surface area contributed by atoms with Gasteiger partial charge in [0.25, 0.3) is 0 Å². The van der Waals surface area contributed by atoms with Crippen molar-refractivity contribution in [3.05, 3.63) is 23.8 Å². The van der Waals surface area contributed by atoms with E-state index in [9.17, 15) is 4.79 Å². The smallest absolute Gasteiger partial charge is 0.315 e. The van der Waals surface area contributed by atoms with E-state index in [1.165, 1.54) is 5.56 Å². The molecule has 29 heavy (non-hydrogen) atoms. The molecule has 0 N–H and O–H groups in total. The highest BCUT2D eigenvalue weighted by Gasteiger charge is 2.59. The summed E-state index contributed by atoms with van der Waals surface area (Å²) < 4.78 is 18.1. The molecule has 0 spiro atoms. The molecule has 1 heterocycles. The summed E-state index contributed by atoms with van der Waals surface area (Å²) in [5, 5.41) is 0.195. The van der Waals surface area contributed by atoms with Gasteiger partial charge in [0, 0.05) is 12.0 Å². The van der Waals surface area contributed by atoms with Crippen LogP contribution in [0.15, 0.2) is 18.2 Å². The van der Waals surface area contributed by atoms with Crippen LogP contribution in [0.4, 0.5) is 0 Å². The van der Waals surface area contributed by atoms with Crippen LogP contribution in [0, 0.1) is 17.3 Å². The zero-order valence-electron chi connectivity index (χ0n) is 19.0. The Kier molecular flexibility index (Phi) is 4.94. The summed E-state index contributed by atoms with van der Waals surface area (Å²) in [5.74, 6) is 1.90. The molecule has 0 bridgehead atoms. The SMILES string of the molecule is COc1ccc2c(c1)OC(=O)[C@@H]1[C@@H]2CC[C@]2(C)[C@@H](O[Si](C)(C)C(C)(C)C)CC[C@@H]12. The highest BCUT2D eigenvalue weighted by atomic mass is 28.4. The number of methoxy groups -OCH3 is 1. The summed E-state index contributed by atoms with van der Waals surface area (Å²) in [6, 6.07) is 5.94. The third-order valence-electron chi connectivity index (χ3n) is 8.53. The van der Waals surface area contributed by atoms with Gasteiger partial charge < -0.3 is 13.9 Å². The summed E-state index contributed by atoms with van der Waals surface area (Å²) in [6.07, 6.45) is 4.48. The van der Waals surface area contributed by atoms with Gasteiger partial charge >= 0.3 is 5.97 Å². The van der Waals surface area contributed by atoms with E-state index in [2.05, 4.69) is 46.9 Å². The van der Waals surface area contributed by atoms with Gasteiger partial charge in [-0.2, -0.15) is 0 Å². The highest BCUT2D eigenvalue weighted by Crippen LogP contribution is 2.62. The van der Waals surface area contributed by atoms with Crippen LogP contribution in [0.1, 0.15) is 64.9 Å². The number of carbonyl (C=O) groups excluding carboxylic acids is 1. The second-order valence-corrected chi connectivity index (χ2v) is 15.8. The van der Waals surface area contributed by atoms with Crippen LogP contribution in [0.2, 0.25) is 18.1 Å². The number of hydrogen-bond donors (Lipinski definition) is 0. The molecule has 0 amide bonds. The molecular weight excluding hydrogens is 380 g/mol. The zero-order chi connectivity index (χ0) is 21.2. The molecule has 1 aliphatic heterocycles. The summed E-state index contributed by atoms with van der Waals surface area (Å²) >= 11 is 0. The normalized spacial score (nSPS) is 34.1. The zero-order valence-corrected chi connectivity index (χ0v) is 20.0. The van der Waals surface area contributed by atoms with E-state index in [0.29, 0.717) is 11.7 Å². The second kappa shape index (κ2) is 6.84. The van der Waals surface area contributed by atoms with Crippen LogP contribution in [-0.2, 0) is 9.22 Å². The standard InChI is InChI=1S/C24H36O4Si/c1-23(2,3)29(6,7)28-20-11-10-18-21-17(12-13-24(18,20)4)16-9-8-15(26-5)14-19(16)27-22(21)25/h8-9,14,17-18,20-21H,10-13H2,1-7H3/t17-,18+,20+,21-,24+/m1/s1. The molecule has 2 saturated carbocycles. The first-order valence-corrected chi connectivity index (χ1v) is 14.0. The molecule has 160 valence electrons. The van der Waals surface area contributed by atoms with Gasteiger partial charge in [-0.25, -0.2) is 0 Å². The maximum Gasteiger partial charge on any atom is 0.315 e. The topological polar surface area (TPSA) is 44.8 Å². The molecule has 0 radical (unpaired) electrons. The number of fused-ring (bicyclic) bond motifs is 5. The molecule has 1 aromatic carbocycles. The molecule has 5 heteroatoms. The average Bonchev–Trinajstić information content (AvgIpc) is 2.96.